The van der Waals surface area contributed by atoms with Crippen molar-refractivity contribution in [1.82, 2.24) is 10.6 Å². The number of hydrogen-bond donors (Lipinski definition) is 4. The van der Waals surface area contributed by atoms with Gasteiger partial charge in [-0.05, 0) is 13.8 Å². The van der Waals surface area contributed by atoms with Crippen LogP contribution in [0.1, 0.15) is 13.8 Å². The van der Waals surface area contributed by atoms with Crippen molar-refractivity contribution in [2.24, 2.45) is 15.7 Å². The SMILES string of the molecule is CC(O)NCCNC(C)N=CN=CC(N)=O. The number of nitrogens with one attached hydrogen (secondary N) is 2. The van der Waals surface area contributed by atoms with Crippen molar-refractivity contribution in [3.8, 4) is 0 Å². The van der Waals surface area contributed by atoms with Crippen molar-refractivity contribution in [1.29, 1.82) is 0 Å². The molecule has 0 spiro atoms. The third-order valence-electron chi connectivity index (χ3n) is 1.56. The molecule has 0 aromatic rings. The molecule has 7 nitrogen and oxygen atoms in total. The minimum Gasteiger partial charge on any atom is -0.379 e. The van der Waals surface area contributed by atoms with E-state index in [9.17, 15) is 4.79 Å². The number of carbonyl (C=O) groups excluding carboxylic acids is 1. The highest BCUT2D eigenvalue weighted by Crippen LogP contribution is 1.81. The molecule has 92 valence electrons. The fourth-order valence-corrected chi connectivity index (χ4v) is 0.860. The third-order valence-corrected chi connectivity index (χ3v) is 1.56. The highest BCUT2D eigenvalue weighted by atomic mass is 16.3. The van der Waals surface area contributed by atoms with Gasteiger partial charge in [0, 0.05) is 13.1 Å². The van der Waals surface area contributed by atoms with Crippen LogP contribution in [-0.2, 0) is 4.79 Å². The molecule has 2 unspecified atom stereocenters. The summed E-state index contributed by atoms with van der Waals surface area (Å²) in [6.07, 6.45) is 1.64. The van der Waals surface area contributed by atoms with Crippen molar-refractivity contribution in [2.75, 3.05) is 13.1 Å². The van der Waals surface area contributed by atoms with Crippen molar-refractivity contribution in [2.45, 2.75) is 26.2 Å². The van der Waals surface area contributed by atoms with E-state index in [1.54, 1.807) is 6.92 Å². The number of primary amides is 1. The second kappa shape index (κ2) is 8.96. The van der Waals surface area contributed by atoms with Crippen LogP contribution in [0, 0.1) is 0 Å². The fourth-order valence-electron chi connectivity index (χ4n) is 0.860. The maximum Gasteiger partial charge on any atom is 0.259 e. The van der Waals surface area contributed by atoms with Crippen LogP contribution in [0.25, 0.3) is 0 Å². The molecule has 0 aliphatic rings. The molecule has 1 amide bonds. The summed E-state index contributed by atoms with van der Waals surface area (Å²) < 4.78 is 0. The largest absolute Gasteiger partial charge is 0.379 e. The van der Waals surface area contributed by atoms with Gasteiger partial charge in [-0.3, -0.25) is 20.4 Å². The fraction of sp³-hybridized carbons (Fsp3) is 0.667. The van der Waals surface area contributed by atoms with Crippen LogP contribution in [0.4, 0.5) is 0 Å². The number of nitrogens with zero attached hydrogens (tertiary/aromatic N) is 2. The quantitative estimate of drug-likeness (QED) is 0.174. The van der Waals surface area contributed by atoms with Crippen LogP contribution in [0.15, 0.2) is 9.98 Å². The van der Waals surface area contributed by atoms with Gasteiger partial charge in [0.05, 0.1) is 12.4 Å². The predicted molar refractivity (Wildman–Crippen MR) is 63.3 cm³/mol. The first kappa shape index (κ1) is 14.7. The Morgan fingerprint density at radius 3 is 2.62 bits per heavy atom. The molecule has 0 heterocycles. The summed E-state index contributed by atoms with van der Waals surface area (Å²) in [5.41, 5.74) is 4.84. The minimum atomic E-state index is -0.604. The highest BCUT2D eigenvalue weighted by Gasteiger charge is 1.96. The summed E-state index contributed by atoms with van der Waals surface area (Å²) in [4.78, 5) is 17.8. The Morgan fingerprint density at radius 1 is 1.44 bits per heavy atom. The first-order valence-electron chi connectivity index (χ1n) is 5.01. The number of rotatable bonds is 8. The van der Waals surface area contributed by atoms with E-state index in [1.165, 1.54) is 6.34 Å². The number of hydrogen-bond acceptors (Lipinski definition) is 5. The van der Waals surface area contributed by atoms with E-state index in [0.29, 0.717) is 13.1 Å². The average Bonchev–Trinajstić information content (AvgIpc) is 2.19. The van der Waals surface area contributed by atoms with Crippen LogP contribution < -0.4 is 16.4 Å². The van der Waals surface area contributed by atoms with Gasteiger partial charge in [-0.1, -0.05) is 0 Å². The van der Waals surface area contributed by atoms with Crippen LogP contribution in [-0.4, -0.2) is 49.1 Å². The molecule has 5 N–H and O–H groups in total. The molecule has 0 fully saturated rings. The number of aliphatic imine (C=N–C) groups is 2. The second-order valence-corrected chi connectivity index (χ2v) is 3.21. The van der Waals surface area contributed by atoms with E-state index in [4.69, 9.17) is 10.8 Å². The molecule has 0 aromatic carbocycles. The highest BCUT2D eigenvalue weighted by molar-refractivity contribution is 6.26. The minimum absolute atomic E-state index is 0.110. The van der Waals surface area contributed by atoms with Crippen LogP contribution in [0.5, 0.6) is 0 Å². The number of aliphatic hydroxyl groups excluding tert-OH is 1. The van der Waals surface area contributed by atoms with E-state index in [1.807, 2.05) is 6.92 Å². The maximum absolute atomic E-state index is 10.3. The zero-order valence-corrected chi connectivity index (χ0v) is 9.55. The van der Waals surface area contributed by atoms with E-state index < -0.39 is 12.1 Å². The lowest BCUT2D eigenvalue weighted by Gasteiger charge is -2.10. The summed E-state index contributed by atoms with van der Waals surface area (Å²) in [6.45, 7) is 4.81. The summed E-state index contributed by atoms with van der Waals surface area (Å²) in [5, 5.41) is 14.8. The molecule has 0 aromatic heterocycles. The van der Waals surface area contributed by atoms with Gasteiger partial charge in [-0.15, -0.1) is 0 Å². The van der Waals surface area contributed by atoms with Crippen LogP contribution in [0.2, 0.25) is 0 Å². The Balaban J connectivity index is 3.58. The summed E-state index contributed by atoms with van der Waals surface area (Å²) in [6, 6.07) is 0. The van der Waals surface area contributed by atoms with E-state index in [2.05, 4.69) is 20.6 Å². The van der Waals surface area contributed by atoms with E-state index >= 15 is 0 Å². The first-order valence-corrected chi connectivity index (χ1v) is 5.01. The lowest BCUT2D eigenvalue weighted by atomic mass is 10.5. The molecule has 0 saturated heterocycles. The molecule has 7 heteroatoms. The zero-order chi connectivity index (χ0) is 12.4. The Kier molecular flexibility index (Phi) is 8.22. The van der Waals surface area contributed by atoms with Gasteiger partial charge in [0.25, 0.3) is 5.91 Å². The smallest absolute Gasteiger partial charge is 0.259 e. The van der Waals surface area contributed by atoms with Gasteiger partial charge < -0.3 is 10.8 Å². The number of carbonyl (C=O) groups is 1. The maximum atomic E-state index is 10.3. The number of aliphatic hydroxyl groups is 1. The monoisotopic (exact) mass is 229 g/mol. The van der Waals surface area contributed by atoms with Gasteiger partial charge >= 0.3 is 0 Å². The van der Waals surface area contributed by atoms with Crippen LogP contribution >= 0.6 is 0 Å². The molecular formula is C9H19N5O2. The third kappa shape index (κ3) is 10.8. The van der Waals surface area contributed by atoms with Gasteiger partial charge in [-0.2, -0.15) is 0 Å². The normalized spacial score (nSPS) is 15.7. The predicted octanol–water partition coefficient (Wildman–Crippen LogP) is -1.57. The summed E-state index contributed by atoms with van der Waals surface area (Å²) in [7, 11) is 0. The second-order valence-electron chi connectivity index (χ2n) is 3.21. The summed E-state index contributed by atoms with van der Waals surface area (Å²) in [5.74, 6) is -0.604. The standard InChI is InChI=1S/C9H19N5O2/c1-7(12-3-4-13-8(2)15)14-6-11-5-9(10)16/h5-8,12-13,15H,3-4H2,1-2H3,(H2,10,16). The molecule has 2 atom stereocenters. The van der Waals surface area contributed by atoms with Gasteiger partial charge in [0.1, 0.15) is 12.6 Å². The first-order chi connectivity index (χ1) is 7.52. The number of amides is 1. The molecule has 0 saturated carbocycles. The average molecular weight is 229 g/mol. The van der Waals surface area contributed by atoms with Crippen molar-refractivity contribution in [3.63, 3.8) is 0 Å². The van der Waals surface area contributed by atoms with Crippen molar-refractivity contribution >= 4 is 18.5 Å². The zero-order valence-electron chi connectivity index (χ0n) is 9.55. The van der Waals surface area contributed by atoms with Crippen molar-refractivity contribution < 1.29 is 9.90 Å². The van der Waals surface area contributed by atoms with E-state index in [-0.39, 0.29) is 6.17 Å². The van der Waals surface area contributed by atoms with Crippen LogP contribution in [0.3, 0.4) is 0 Å². The molecule has 0 aliphatic carbocycles. The molecule has 0 aliphatic heterocycles. The molecular weight excluding hydrogens is 210 g/mol. The van der Waals surface area contributed by atoms with Gasteiger partial charge in [0.2, 0.25) is 0 Å². The Bertz CT molecular complexity index is 252. The lowest BCUT2D eigenvalue weighted by Crippen LogP contribution is -2.36. The molecule has 0 radical (unpaired) electrons. The van der Waals surface area contributed by atoms with Crippen molar-refractivity contribution in [3.05, 3.63) is 0 Å². The topological polar surface area (TPSA) is 112 Å². The van der Waals surface area contributed by atoms with Gasteiger partial charge in [0.15, 0.2) is 0 Å². The molecule has 16 heavy (non-hydrogen) atoms. The molecule has 0 bridgehead atoms. The Hall–Kier alpha value is -1.31. The van der Waals surface area contributed by atoms with E-state index in [0.717, 1.165) is 6.21 Å². The number of nitrogens with two attached hydrogens (primary N) is 1. The van der Waals surface area contributed by atoms with Gasteiger partial charge in [-0.25, -0.2) is 4.99 Å². The lowest BCUT2D eigenvalue weighted by molar-refractivity contribution is -0.111. The Labute approximate surface area is 94.8 Å². The Morgan fingerprint density at radius 2 is 2.06 bits per heavy atom. The summed E-state index contributed by atoms with van der Waals surface area (Å²) >= 11 is 0. The molecule has 0 rings (SSSR count).